The molecule has 0 aliphatic rings. The van der Waals surface area contributed by atoms with E-state index in [2.05, 4.69) is 4.90 Å². The summed E-state index contributed by atoms with van der Waals surface area (Å²) in [6, 6.07) is 5.65. The van der Waals surface area contributed by atoms with Crippen molar-refractivity contribution in [1.29, 1.82) is 5.41 Å². The molecule has 0 spiro atoms. The monoisotopic (exact) mass is 265 g/mol. The Labute approximate surface area is 114 Å². The van der Waals surface area contributed by atoms with Crippen LogP contribution in [0.1, 0.15) is 24.5 Å². The standard InChI is InChI=1S/C14H23N3O2/c1-10(18)6-7-17(2)9-11-4-5-12(14(15)16)13(8-11)19-3/h4-5,8,10,18H,6-7,9H2,1-3H3,(H3,15,16). The second-order valence-electron chi connectivity index (χ2n) is 4.82. The zero-order valence-corrected chi connectivity index (χ0v) is 11.8. The molecule has 0 bridgehead atoms. The molecule has 1 atom stereocenters. The summed E-state index contributed by atoms with van der Waals surface area (Å²) >= 11 is 0. The number of hydrogen-bond acceptors (Lipinski definition) is 4. The second kappa shape index (κ2) is 7.11. The molecular weight excluding hydrogens is 242 g/mol. The van der Waals surface area contributed by atoms with Gasteiger partial charge in [0.15, 0.2) is 0 Å². The molecule has 0 saturated carbocycles. The third-order valence-corrected chi connectivity index (χ3v) is 2.94. The number of nitrogen functional groups attached to an aromatic ring is 1. The lowest BCUT2D eigenvalue weighted by atomic mass is 10.1. The number of amidine groups is 1. The van der Waals surface area contributed by atoms with E-state index >= 15 is 0 Å². The van der Waals surface area contributed by atoms with Gasteiger partial charge in [-0.3, -0.25) is 5.41 Å². The minimum atomic E-state index is -0.280. The number of nitrogens with one attached hydrogen (secondary N) is 1. The molecule has 0 saturated heterocycles. The lowest BCUT2D eigenvalue weighted by Gasteiger charge is -2.18. The minimum absolute atomic E-state index is 0.00543. The first-order valence-corrected chi connectivity index (χ1v) is 6.32. The van der Waals surface area contributed by atoms with Gasteiger partial charge in [0.05, 0.1) is 18.8 Å². The van der Waals surface area contributed by atoms with Crippen LogP contribution in [-0.2, 0) is 6.54 Å². The van der Waals surface area contributed by atoms with Gasteiger partial charge in [-0.25, -0.2) is 0 Å². The summed E-state index contributed by atoms with van der Waals surface area (Å²) in [6.07, 6.45) is 0.469. The number of nitrogens with two attached hydrogens (primary N) is 1. The van der Waals surface area contributed by atoms with Gasteiger partial charge in [-0.05, 0) is 38.1 Å². The highest BCUT2D eigenvalue weighted by Crippen LogP contribution is 2.20. The number of benzene rings is 1. The number of aliphatic hydroxyl groups is 1. The number of methoxy groups -OCH3 is 1. The summed E-state index contributed by atoms with van der Waals surface area (Å²) in [6.45, 7) is 3.38. The Morgan fingerprint density at radius 3 is 2.74 bits per heavy atom. The highest BCUT2D eigenvalue weighted by atomic mass is 16.5. The van der Waals surface area contributed by atoms with E-state index < -0.39 is 0 Å². The van der Waals surface area contributed by atoms with Crippen LogP contribution in [0.3, 0.4) is 0 Å². The Balaban J connectivity index is 2.71. The number of nitrogens with zero attached hydrogens (tertiary/aromatic N) is 1. The topological polar surface area (TPSA) is 82.6 Å². The van der Waals surface area contributed by atoms with Crippen LogP contribution in [0.4, 0.5) is 0 Å². The smallest absolute Gasteiger partial charge is 0.130 e. The Bertz CT molecular complexity index is 433. The SMILES string of the molecule is COc1cc(CN(C)CCC(C)O)ccc1C(=N)N. The van der Waals surface area contributed by atoms with E-state index in [1.165, 1.54) is 0 Å². The van der Waals surface area contributed by atoms with Crippen molar-refractivity contribution in [2.45, 2.75) is 26.0 Å². The number of rotatable bonds is 7. The van der Waals surface area contributed by atoms with Crippen LogP contribution in [-0.4, -0.2) is 42.6 Å². The third kappa shape index (κ3) is 4.89. The van der Waals surface area contributed by atoms with Crippen LogP contribution in [0.5, 0.6) is 5.75 Å². The third-order valence-electron chi connectivity index (χ3n) is 2.94. The Morgan fingerprint density at radius 2 is 2.21 bits per heavy atom. The van der Waals surface area contributed by atoms with Crippen molar-refractivity contribution in [3.8, 4) is 5.75 Å². The molecular formula is C14H23N3O2. The predicted octanol–water partition coefficient (Wildman–Crippen LogP) is 1.18. The molecule has 5 heteroatoms. The molecule has 106 valence electrons. The molecule has 1 aromatic carbocycles. The highest BCUT2D eigenvalue weighted by molar-refractivity contribution is 5.97. The fraction of sp³-hybridized carbons (Fsp3) is 0.500. The minimum Gasteiger partial charge on any atom is -0.496 e. The van der Waals surface area contributed by atoms with Gasteiger partial charge in [-0.2, -0.15) is 0 Å². The number of ether oxygens (including phenoxy) is 1. The van der Waals surface area contributed by atoms with E-state index in [9.17, 15) is 5.11 Å². The van der Waals surface area contributed by atoms with Crippen molar-refractivity contribution in [2.24, 2.45) is 5.73 Å². The van der Waals surface area contributed by atoms with Crippen LogP contribution in [0, 0.1) is 5.41 Å². The van der Waals surface area contributed by atoms with Crippen molar-refractivity contribution >= 4 is 5.84 Å². The van der Waals surface area contributed by atoms with E-state index in [1.807, 2.05) is 19.2 Å². The molecule has 1 rings (SSSR count). The van der Waals surface area contributed by atoms with Gasteiger partial charge in [0.25, 0.3) is 0 Å². The summed E-state index contributed by atoms with van der Waals surface area (Å²) in [5, 5.41) is 16.7. The molecule has 0 heterocycles. The summed E-state index contributed by atoms with van der Waals surface area (Å²) < 4.78 is 5.25. The van der Waals surface area contributed by atoms with Crippen molar-refractivity contribution in [3.63, 3.8) is 0 Å². The molecule has 0 aliphatic heterocycles. The van der Waals surface area contributed by atoms with Gasteiger partial charge in [-0.1, -0.05) is 6.07 Å². The van der Waals surface area contributed by atoms with Gasteiger partial charge >= 0.3 is 0 Å². The molecule has 5 nitrogen and oxygen atoms in total. The predicted molar refractivity (Wildman–Crippen MR) is 76.6 cm³/mol. The molecule has 0 aliphatic carbocycles. The normalized spacial score (nSPS) is 12.5. The molecule has 0 aromatic heterocycles. The fourth-order valence-electron chi connectivity index (χ4n) is 1.85. The van der Waals surface area contributed by atoms with E-state index in [-0.39, 0.29) is 11.9 Å². The maximum absolute atomic E-state index is 9.26. The Kier molecular flexibility index (Phi) is 5.79. The number of aliphatic hydroxyl groups excluding tert-OH is 1. The first-order chi connectivity index (χ1) is 8.93. The average molecular weight is 265 g/mol. The largest absolute Gasteiger partial charge is 0.496 e. The van der Waals surface area contributed by atoms with Gasteiger partial charge < -0.3 is 20.5 Å². The maximum atomic E-state index is 9.26. The molecule has 0 amide bonds. The quantitative estimate of drug-likeness (QED) is 0.511. The summed E-state index contributed by atoms with van der Waals surface area (Å²) in [4.78, 5) is 2.13. The molecule has 4 N–H and O–H groups in total. The molecule has 0 radical (unpaired) electrons. The van der Waals surface area contributed by atoms with Crippen molar-refractivity contribution in [3.05, 3.63) is 29.3 Å². The van der Waals surface area contributed by atoms with Crippen LogP contribution < -0.4 is 10.5 Å². The van der Waals surface area contributed by atoms with E-state index in [0.717, 1.165) is 25.1 Å². The molecule has 0 fully saturated rings. The van der Waals surface area contributed by atoms with E-state index in [4.69, 9.17) is 15.9 Å². The average Bonchev–Trinajstić information content (AvgIpc) is 2.35. The van der Waals surface area contributed by atoms with Gasteiger partial charge in [0.2, 0.25) is 0 Å². The summed E-state index contributed by atoms with van der Waals surface area (Å²) in [7, 11) is 3.58. The van der Waals surface area contributed by atoms with E-state index in [0.29, 0.717) is 11.3 Å². The first-order valence-electron chi connectivity index (χ1n) is 6.32. The van der Waals surface area contributed by atoms with Crippen LogP contribution in [0.2, 0.25) is 0 Å². The van der Waals surface area contributed by atoms with Crippen molar-refractivity contribution in [1.82, 2.24) is 4.90 Å². The molecule has 1 aromatic rings. The number of hydrogen-bond donors (Lipinski definition) is 3. The van der Waals surface area contributed by atoms with Gasteiger partial charge in [0, 0.05) is 13.1 Å². The Hall–Kier alpha value is -1.59. The van der Waals surface area contributed by atoms with Gasteiger partial charge in [-0.15, -0.1) is 0 Å². The van der Waals surface area contributed by atoms with Crippen LogP contribution in [0.15, 0.2) is 18.2 Å². The highest BCUT2D eigenvalue weighted by Gasteiger charge is 2.09. The lowest BCUT2D eigenvalue weighted by Crippen LogP contribution is -2.22. The van der Waals surface area contributed by atoms with Crippen LogP contribution in [0.25, 0.3) is 0 Å². The first kappa shape index (κ1) is 15.5. The van der Waals surface area contributed by atoms with E-state index in [1.54, 1.807) is 20.1 Å². The van der Waals surface area contributed by atoms with Crippen LogP contribution >= 0.6 is 0 Å². The van der Waals surface area contributed by atoms with Crippen molar-refractivity contribution < 1.29 is 9.84 Å². The lowest BCUT2D eigenvalue weighted by molar-refractivity contribution is 0.163. The van der Waals surface area contributed by atoms with Gasteiger partial charge in [0.1, 0.15) is 11.6 Å². The second-order valence-corrected chi connectivity index (χ2v) is 4.82. The summed E-state index contributed by atoms with van der Waals surface area (Å²) in [5.41, 5.74) is 7.19. The molecule has 1 unspecified atom stereocenters. The maximum Gasteiger partial charge on any atom is 0.130 e. The summed E-state index contributed by atoms with van der Waals surface area (Å²) in [5.74, 6) is 0.625. The Morgan fingerprint density at radius 1 is 1.53 bits per heavy atom. The zero-order valence-electron chi connectivity index (χ0n) is 11.8. The molecule has 19 heavy (non-hydrogen) atoms. The van der Waals surface area contributed by atoms with Crippen molar-refractivity contribution in [2.75, 3.05) is 20.7 Å². The zero-order chi connectivity index (χ0) is 14.4. The fourth-order valence-corrected chi connectivity index (χ4v) is 1.85.